The van der Waals surface area contributed by atoms with Gasteiger partial charge in [0, 0.05) is 33.7 Å². The van der Waals surface area contributed by atoms with E-state index in [0.29, 0.717) is 31.3 Å². The van der Waals surface area contributed by atoms with Gasteiger partial charge in [-0.1, -0.05) is 0 Å². The van der Waals surface area contributed by atoms with Crippen LogP contribution in [0.4, 0.5) is 22.1 Å². The van der Waals surface area contributed by atoms with Gasteiger partial charge in [0.25, 0.3) is 5.69 Å². The van der Waals surface area contributed by atoms with Crippen molar-refractivity contribution >= 4 is 23.4 Å². The lowest BCUT2D eigenvalue weighted by Crippen LogP contribution is -2.37. The van der Waals surface area contributed by atoms with E-state index in [1.807, 2.05) is 6.92 Å². The van der Waals surface area contributed by atoms with E-state index in [0.717, 1.165) is 0 Å². The molecule has 3 N–H and O–H groups in total. The SMILES string of the molecule is CCNc1cc([N+](=O)[O-])cc(NCCNC(=O)N(C)C)n1. The Morgan fingerprint density at radius 3 is 2.43 bits per heavy atom. The number of nitro groups is 1. The average molecular weight is 296 g/mol. The molecule has 0 aliphatic heterocycles. The molecule has 0 bridgehead atoms. The van der Waals surface area contributed by atoms with E-state index >= 15 is 0 Å². The van der Waals surface area contributed by atoms with Crippen molar-refractivity contribution < 1.29 is 9.72 Å². The van der Waals surface area contributed by atoms with Crippen LogP contribution in [0.1, 0.15) is 6.92 Å². The van der Waals surface area contributed by atoms with Gasteiger partial charge in [0.2, 0.25) is 0 Å². The number of anilines is 2. The zero-order valence-electron chi connectivity index (χ0n) is 12.3. The minimum absolute atomic E-state index is 0.0409. The van der Waals surface area contributed by atoms with Crippen molar-refractivity contribution in [2.24, 2.45) is 0 Å². The number of carbonyl (C=O) groups is 1. The van der Waals surface area contributed by atoms with Gasteiger partial charge in [-0.2, -0.15) is 0 Å². The largest absolute Gasteiger partial charge is 0.370 e. The van der Waals surface area contributed by atoms with Gasteiger partial charge in [-0.25, -0.2) is 9.78 Å². The Bertz CT molecular complexity index is 506. The summed E-state index contributed by atoms with van der Waals surface area (Å²) in [5.41, 5.74) is -0.0409. The zero-order valence-corrected chi connectivity index (χ0v) is 12.3. The Morgan fingerprint density at radius 2 is 1.90 bits per heavy atom. The maximum absolute atomic E-state index is 11.3. The molecular weight excluding hydrogens is 276 g/mol. The number of carbonyl (C=O) groups excluding carboxylic acids is 1. The van der Waals surface area contributed by atoms with E-state index in [1.54, 1.807) is 14.1 Å². The fourth-order valence-corrected chi connectivity index (χ4v) is 1.50. The summed E-state index contributed by atoms with van der Waals surface area (Å²) in [6, 6.07) is 2.54. The highest BCUT2D eigenvalue weighted by molar-refractivity contribution is 5.73. The molecular formula is C12H20N6O3. The molecule has 0 saturated heterocycles. The summed E-state index contributed by atoms with van der Waals surface area (Å²) in [4.78, 5) is 27.3. The molecule has 0 radical (unpaired) electrons. The molecule has 0 aromatic carbocycles. The molecule has 0 unspecified atom stereocenters. The van der Waals surface area contributed by atoms with E-state index in [1.165, 1.54) is 17.0 Å². The Morgan fingerprint density at radius 1 is 1.29 bits per heavy atom. The second-order valence-corrected chi connectivity index (χ2v) is 4.44. The average Bonchev–Trinajstić information content (AvgIpc) is 2.43. The van der Waals surface area contributed by atoms with Crippen molar-refractivity contribution in [3.05, 3.63) is 22.2 Å². The Balaban J connectivity index is 2.61. The van der Waals surface area contributed by atoms with Crippen LogP contribution in [0.3, 0.4) is 0 Å². The van der Waals surface area contributed by atoms with Crippen LogP contribution >= 0.6 is 0 Å². The highest BCUT2D eigenvalue weighted by Gasteiger charge is 2.10. The second-order valence-electron chi connectivity index (χ2n) is 4.44. The lowest BCUT2D eigenvalue weighted by atomic mass is 10.3. The molecule has 1 heterocycles. The minimum atomic E-state index is -0.471. The standard InChI is InChI=1S/C12H20N6O3/c1-4-13-10-7-9(18(20)21)8-11(16-10)14-5-6-15-12(19)17(2)3/h7-8H,4-6H2,1-3H3,(H,15,19)(H2,13,14,16). The van der Waals surface area contributed by atoms with Gasteiger partial charge in [0.05, 0.1) is 17.1 Å². The summed E-state index contributed by atoms with van der Waals surface area (Å²) in [6.45, 7) is 3.30. The fraction of sp³-hybridized carbons (Fsp3) is 0.500. The Labute approximate surface area is 122 Å². The maximum Gasteiger partial charge on any atom is 0.316 e. The summed E-state index contributed by atoms with van der Waals surface area (Å²) < 4.78 is 0. The number of nitrogens with zero attached hydrogens (tertiary/aromatic N) is 3. The first-order chi connectivity index (χ1) is 9.93. The van der Waals surface area contributed by atoms with Crippen LogP contribution < -0.4 is 16.0 Å². The number of nitrogens with one attached hydrogen (secondary N) is 3. The minimum Gasteiger partial charge on any atom is -0.370 e. The van der Waals surface area contributed by atoms with E-state index in [9.17, 15) is 14.9 Å². The molecule has 0 fully saturated rings. The first kappa shape index (κ1) is 16.5. The van der Waals surface area contributed by atoms with Gasteiger partial charge < -0.3 is 20.9 Å². The third kappa shape index (κ3) is 5.51. The third-order valence-electron chi connectivity index (χ3n) is 2.49. The number of aromatic nitrogens is 1. The third-order valence-corrected chi connectivity index (χ3v) is 2.49. The molecule has 1 rings (SSSR count). The van der Waals surface area contributed by atoms with Crippen LogP contribution in [-0.2, 0) is 0 Å². The van der Waals surface area contributed by atoms with Crippen molar-refractivity contribution in [2.75, 3.05) is 44.4 Å². The summed E-state index contributed by atoms with van der Waals surface area (Å²) in [7, 11) is 3.29. The number of hydrogen-bond donors (Lipinski definition) is 3. The van der Waals surface area contributed by atoms with Crippen molar-refractivity contribution in [1.82, 2.24) is 15.2 Å². The van der Waals surface area contributed by atoms with Crippen molar-refractivity contribution in [3.63, 3.8) is 0 Å². The van der Waals surface area contributed by atoms with Gasteiger partial charge in [-0.3, -0.25) is 10.1 Å². The van der Waals surface area contributed by atoms with Gasteiger partial charge in [-0.15, -0.1) is 0 Å². The number of pyridine rings is 1. The monoisotopic (exact) mass is 296 g/mol. The van der Waals surface area contributed by atoms with Crippen molar-refractivity contribution in [3.8, 4) is 0 Å². The summed E-state index contributed by atoms with van der Waals surface area (Å²) in [6.07, 6.45) is 0. The Kier molecular flexibility index (Phi) is 6.18. The number of amides is 2. The smallest absolute Gasteiger partial charge is 0.316 e. The van der Waals surface area contributed by atoms with E-state index in [-0.39, 0.29) is 11.7 Å². The number of rotatable bonds is 7. The van der Waals surface area contributed by atoms with E-state index in [2.05, 4.69) is 20.9 Å². The van der Waals surface area contributed by atoms with Gasteiger partial charge >= 0.3 is 6.03 Å². The topological polar surface area (TPSA) is 112 Å². The number of urea groups is 1. The molecule has 9 nitrogen and oxygen atoms in total. The predicted octanol–water partition coefficient (Wildman–Crippen LogP) is 1.10. The van der Waals surface area contributed by atoms with Gasteiger partial charge in [0.15, 0.2) is 0 Å². The summed E-state index contributed by atoms with van der Waals surface area (Å²) in [5, 5.41) is 19.4. The lowest BCUT2D eigenvalue weighted by molar-refractivity contribution is -0.384. The van der Waals surface area contributed by atoms with E-state index in [4.69, 9.17) is 0 Å². The predicted molar refractivity (Wildman–Crippen MR) is 80.6 cm³/mol. The van der Waals surface area contributed by atoms with Gasteiger partial charge in [-0.05, 0) is 6.92 Å². The maximum atomic E-state index is 11.3. The molecule has 116 valence electrons. The van der Waals surface area contributed by atoms with Crippen molar-refractivity contribution in [1.29, 1.82) is 0 Å². The Hall–Kier alpha value is -2.58. The highest BCUT2D eigenvalue weighted by atomic mass is 16.6. The molecule has 1 aromatic heterocycles. The van der Waals surface area contributed by atoms with Crippen LogP contribution in [0.15, 0.2) is 12.1 Å². The molecule has 0 atom stereocenters. The first-order valence-corrected chi connectivity index (χ1v) is 6.53. The normalized spacial score (nSPS) is 9.86. The quantitative estimate of drug-likeness (QED) is 0.394. The van der Waals surface area contributed by atoms with Crippen LogP contribution in [-0.4, -0.2) is 54.6 Å². The molecule has 0 aliphatic carbocycles. The molecule has 2 amide bonds. The summed E-state index contributed by atoms with van der Waals surface area (Å²) >= 11 is 0. The number of hydrogen-bond acceptors (Lipinski definition) is 6. The highest BCUT2D eigenvalue weighted by Crippen LogP contribution is 2.20. The van der Waals surface area contributed by atoms with Crippen LogP contribution in [0.5, 0.6) is 0 Å². The second kappa shape index (κ2) is 7.88. The molecule has 9 heteroatoms. The fourth-order valence-electron chi connectivity index (χ4n) is 1.50. The van der Waals surface area contributed by atoms with Gasteiger partial charge in [0.1, 0.15) is 11.6 Å². The van der Waals surface area contributed by atoms with Crippen LogP contribution in [0.25, 0.3) is 0 Å². The summed E-state index contributed by atoms with van der Waals surface area (Å²) in [5.74, 6) is 0.825. The molecule has 1 aromatic rings. The lowest BCUT2D eigenvalue weighted by Gasteiger charge is -2.12. The molecule has 0 aliphatic rings. The van der Waals surface area contributed by atoms with Crippen LogP contribution in [0, 0.1) is 10.1 Å². The van der Waals surface area contributed by atoms with Crippen molar-refractivity contribution in [2.45, 2.75) is 6.92 Å². The zero-order chi connectivity index (χ0) is 15.8. The van der Waals surface area contributed by atoms with Crippen LogP contribution in [0.2, 0.25) is 0 Å². The van der Waals surface area contributed by atoms with E-state index < -0.39 is 4.92 Å². The molecule has 0 saturated carbocycles. The molecule has 0 spiro atoms. The molecule has 21 heavy (non-hydrogen) atoms. The first-order valence-electron chi connectivity index (χ1n) is 6.53.